The highest BCUT2D eigenvalue weighted by Crippen LogP contribution is 2.01. The van der Waals surface area contributed by atoms with Crippen LogP contribution in [-0.4, -0.2) is 60.1 Å². The van der Waals surface area contributed by atoms with E-state index in [4.69, 9.17) is 0 Å². The van der Waals surface area contributed by atoms with E-state index in [1.807, 2.05) is 16.8 Å². The third-order valence-electron chi connectivity index (χ3n) is 2.90. The quantitative estimate of drug-likeness (QED) is 0.649. The number of aliphatic hydroxyl groups excluding tert-OH is 1. The molecule has 0 saturated heterocycles. The van der Waals surface area contributed by atoms with Gasteiger partial charge in [-0.1, -0.05) is 26.7 Å². The summed E-state index contributed by atoms with van der Waals surface area (Å²) in [7, 11) is 1.88. The molecule has 1 atom stereocenters. The van der Waals surface area contributed by atoms with Crippen molar-refractivity contribution in [2.24, 2.45) is 0 Å². The number of carbonyl (C=O) groups excluding carboxylic acids is 1. The average Bonchev–Trinajstić information content (AvgIpc) is 2.27. The van der Waals surface area contributed by atoms with E-state index in [1.54, 1.807) is 6.92 Å². The zero-order valence-electron chi connectivity index (χ0n) is 12.5. The van der Waals surface area contributed by atoms with Crippen molar-refractivity contribution in [3.8, 4) is 0 Å². The maximum absolute atomic E-state index is 12.1. The number of nitrogens with zero attached hydrogens (tertiary/aromatic N) is 2. The van der Waals surface area contributed by atoms with Crippen LogP contribution in [0.3, 0.4) is 0 Å². The number of unbranched alkanes of at least 4 members (excludes halogenated alkanes) is 2. The smallest absolute Gasteiger partial charge is 0.236 e. The van der Waals surface area contributed by atoms with Crippen LogP contribution in [0.4, 0.5) is 0 Å². The van der Waals surface area contributed by atoms with E-state index in [2.05, 4.69) is 13.8 Å². The van der Waals surface area contributed by atoms with Gasteiger partial charge in [-0.15, -0.1) is 0 Å². The van der Waals surface area contributed by atoms with Crippen molar-refractivity contribution < 1.29 is 9.90 Å². The summed E-state index contributed by atoms with van der Waals surface area (Å²) in [6, 6.07) is 0. The lowest BCUT2D eigenvalue weighted by molar-refractivity contribution is -0.132. The predicted octanol–water partition coefficient (Wildman–Crippen LogP) is 1.73. The largest absolute Gasteiger partial charge is 0.392 e. The molecule has 18 heavy (non-hydrogen) atoms. The zero-order chi connectivity index (χ0) is 14.0. The van der Waals surface area contributed by atoms with E-state index >= 15 is 0 Å². The molecule has 0 spiro atoms. The first-order valence-electron chi connectivity index (χ1n) is 7.15. The molecule has 0 aliphatic rings. The molecule has 0 fully saturated rings. The molecular formula is C14H30N2O2. The summed E-state index contributed by atoms with van der Waals surface area (Å²) < 4.78 is 0. The van der Waals surface area contributed by atoms with Crippen molar-refractivity contribution in [3.05, 3.63) is 0 Å². The Kier molecular flexibility index (Phi) is 9.98. The maximum Gasteiger partial charge on any atom is 0.236 e. The second-order valence-corrected chi connectivity index (χ2v) is 5.13. The van der Waals surface area contributed by atoms with E-state index in [9.17, 15) is 9.90 Å². The standard InChI is InChI=1S/C14H30N2O2/c1-5-7-9-16(10-8-6-2)14(18)12-15(4)11-13(3)17/h13,17H,5-12H2,1-4H3. The van der Waals surface area contributed by atoms with E-state index in [0.717, 1.165) is 38.8 Å². The highest BCUT2D eigenvalue weighted by molar-refractivity contribution is 5.78. The normalized spacial score (nSPS) is 12.8. The van der Waals surface area contributed by atoms with E-state index in [1.165, 1.54) is 0 Å². The van der Waals surface area contributed by atoms with Crippen LogP contribution >= 0.6 is 0 Å². The Hall–Kier alpha value is -0.610. The second-order valence-electron chi connectivity index (χ2n) is 5.13. The van der Waals surface area contributed by atoms with Crippen LogP contribution in [0.25, 0.3) is 0 Å². The van der Waals surface area contributed by atoms with Crippen molar-refractivity contribution in [2.45, 2.75) is 52.6 Å². The van der Waals surface area contributed by atoms with Crippen LogP contribution in [-0.2, 0) is 4.79 Å². The second kappa shape index (κ2) is 10.3. The molecule has 1 amide bonds. The molecule has 4 nitrogen and oxygen atoms in total. The molecule has 0 saturated carbocycles. The fraction of sp³-hybridized carbons (Fsp3) is 0.929. The van der Waals surface area contributed by atoms with Gasteiger partial charge >= 0.3 is 0 Å². The van der Waals surface area contributed by atoms with Gasteiger partial charge in [0.25, 0.3) is 0 Å². The van der Waals surface area contributed by atoms with Gasteiger partial charge in [-0.2, -0.15) is 0 Å². The number of likely N-dealkylation sites (N-methyl/N-ethyl adjacent to an activating group) is 1. The molecule has 4 heteroatoms. The van der Waals surface area contributed by atoms with Crippen LogP contribution in [0.15, 0.2) is 0 Å². The number of hydrogen-bond donors (Lipinski definition) is 1. The van der Waals surface area contributed by atoms with Gasteiger partial charge in [0.2, 0.25) is 5.91 Å². The van der Waals surface area contributed by atoms with Crippen LogP contribution in [0.2, 0.25) is 0 Å². The Labute approximate surface area is 112 Å². The number of rotatable bonds is 10. The molecule has 0 aromatic heterocycles. The Bertz CT molecular complexity index is 212. The number of amides is 1. The summed E-state index contributed by atoms with van der Waals surface area (Å²) in [6.45, 7) is 8.69. The third kappa shape index (κ3) is 8.48. The predicted molar refractivity (Wildman–Crippen MR) is 75.6 cm³/mol. The number of hydrogen-bond acceptors (Lipinski definition) is 3. The lowest BCUT2D eigenvalue weighted by Crippen LogP contribution is -2.41. The minimum atomic E-state index is -0.387. The Balaban J connectivity index is 4.17. The van der Waals surface area contributed by atoms with E-state index in [-0.39, 0.29) is 12.0 Å². The van der Waals surface area contributed by atoms with Crippen molar-refractivity contribution in [1.29, 1.82) is 0 Å². The fourth-order valence-electron chi connectivity index (χ4n) is 1.91. The molecule has 0 aromatic carbocycles. The van der Waals surface area contributed by atoms with Crippen molar-refractivity contribution >= 4 is 5.91 Å². The molecule has 0 aliphatic carbocycles. The molecular weight excluding hydrogens is 228 g/mol. The highest BCUT2D eigenvalue weighted by atomic mass is 16.3. The summed E-state index contributed by atoms with van der Waals surface area (Å²) in [4.78, 5) is 16.0. The highest BCUT2D eigenvalue weighted by Gasteiger charge is 2.15. The van der Waals surface area contributed by atoms with Crippen LogP contribution < -0.4 is 0 Å². The minimum absolute atomic E-state index is 0.181. The first-order valence-corrected chi connectivity index (χ1v) is 7.15. The summed E-state index contributed by atoms with van der Waals surface area (Å²) in [5.74, 6) is 0.181. The average molecular weight is 258 g/mol. The Morgan fingerprint density at radius 3 is 2.06 bits per heavy atom. The first-order chi connectivity index (χ1) is 8.51. The van der Waals surface area contributed by atoms with Gasteiger partial charge in [-0.25, -0.2) is 0 Å². The monoisotopic (exact) mass is 258 g/mol. The van der Waals surface area contributed by atoms with Crippen molar-refractivity contribution in [2.75, 3.05) is 33.2 Å². The van der Waals surface area contributed by atoms with Gasteiger partial charge in [0.1, 0.15) is 0 Å². The Morgan fingerprint density at radius 1 is 1.17 bits per heavy atom. The molecule has 0 rings (SSSR count). The van der Waals surface area contributed by atoms with Gasteiger partial charge < -0.3 is 10.0 Å². The lowest BCUT2D eigenvalue weighted by atomic mass is 10.2. The van der Waals surface area contributed by atoms with Gasteiger partial charge in [-0.05, 0) is 26.8 Å². The Morgan fingerprint density at radius 2 is 1.67 bits per heavy atom. The van der Waals surface area contributed by atoms with Crippen LogP contribution in [0, 0.1) is 0 Å². The van der Waals surface area contributed by atoms with Crippen LogP contribution in [0.5, 0.6) is 0 Å². The molecule has 0 aromatic rings. The molecule has 108 valence electrons. The molecule has 0 bridgehead atoms. The third-order valence-corrected chi connectivity index (χ3v) is 2.90. The SMILES string of the molecule is CCCCN(CCCC)C(=O)CN(C)CC(C)O. The van der Waals surface area contributed by atoms with E-state index in [0.29, 0.717) is 13.1 Å². The fourth-order valence-corrected chi connectivity index (χ4v) is 1.91. The number of aliphatic hydroxyl groups is 1. The van der Waals surface area contributed by atoms with Crippen molar-refractivity contribution in [3.63, 3.8) is 0 Å². The maximum atomic E-state index is 12.1. The van der Waals surface area contributed by atoms with Crippen LogP contribution in [0.1, 0.15) is 46.5 Å². The molecule has 0 heterocycles. The van der Waals surface area contributed by atoms with Gasteiger partial charge in [0.05, 0.1) is 12.6 Å². The number of carbonyl (C=O) groups is 1. The minimum Gasteiger partial charge on any atom is -0.392 e. The summed E-state index contributed by atoms with van der Waals surface area (Å²) in [6.07, 6.45) is 3.96. The first kappa shape index (κ1) is 17.4. The molecule has 0 aliphatic heterocycles. The van der Waals surface area contributed by atoms with E-state index < -0.39 is 0 Å². The summed E-state index contributed by atoms with van der Waals surface area (Å²) in [5, 5.41) is 9.29. The summed E-state index contributed by atoms with van der Waals surface area (Å²) in [5.41, 5.74) is 0. The zero-order valence-corrected chi connectivity index (χ0v) is 12.5. The van der Waals surface area contributed by atoms with Gasteiger partial charge in [0, 0.05) is 19.6 Å². The summed E-state index contributed by atoms with van der Waals surface area (Å²) >= 11 is 0. The topological polar surface area (TPSA) is 43.8 Å². The molecule has 1 N–H and O–H groups in total. The van der Waals surface area contributed by atoms with Gasteiger partial charge in [-0.3, -0.25) is 9.69 Å². The lowest BCUT2D eigenvalue weighted by Gasteiger charge is -2.26. The molecule has 1 unspecified atom stereocenters. The van der Waals surface area contributed by atoms with Crippen molar-refractivity contribution in [1.82, 2.24) is 9.80 Å². The molecule has 0 radical (unpaired) electrons. The van der Waals surface area contributed by atoms with Gasteiger partial charge in [0.15, 0.2) is 0 Å².